The van der Waals surface area contributed by atoms with E-state index in [0.717, 1.165) is 23.9 Å². The highest BCUT2D eigenvalue weighted by molar-refractivity contribution is 5.85. The summed E-state index contributed by atoms with van der Waals surface area (Å²) in [5, 5.41) is 0.984. The molecular weight excluding hydrogens is 203 g/mol. The minimum Gasteiger partial charge on any atom is -0.356 e. The van der Waals surface area contributed by atoms with Crippen LogP contribution in [0.3, 0.4) is 0 Å². The van der Waals surface area contributed by atoms with E-state index in [0.29, 0.717) is 5.52 Å². The Labute approximate surface area is 94.7 Å². The van der Waals surface area contributed by atoms with Gasteiger partial charge in [-0.1, -0.05) is 12.1 Å². The quantitative estimate of drug-likeness (QED) is 0.820. The monoisotopic (exact) mass is 220 g/mol. The maximum Gasteiger partial charge on any atom is 0.147 e. The van der Waals surface area contributed by atoms with Crippen LogP contribution in [0, 0.1) is 12.7 Å². The molecule has 1 heterocycles. The van der Waals surface area contributed by atoms with Gasteiger partial charge in [0.15, 0.2) is 0 Å². The van der Waals surface area contributed by atoms with Gasteiger partial charge in [0, 0.05) is 17.1 Å². The molecule has 1 aromatic carbocycles. The lowest BCUT2D eigenvalue weighted by molar-refractivity contribution is 0.637. The summed E-state index contributed by atoms with van der Waals surface area (Å²) in [5.74, 6) is -0.187. The average molecular weight is 220 g/mol. The summed E-state index contributed by atoms with van der Waals surface area (Å²) >= 11 is 0. The van der Waals surface area contributed by atoms with Crippen molar-refractivity contribution in [1.29, 1.82) is 0 Å². The Balaban J connectivity index is 2.44. The molecule has 0 amide bonds. The van der Waals surface area contributed by atoms with Crippen LogP contribution in [-0.4, -0.2) is 11.0 Å². The molecule has 0 saturated heterocycles. The van der Waals surface area contributed by atoms with Gasteiger partial charge in [0.2, 0.25) is 0 Å². The van der Waals surface area contributed by atoms with Crippen LogP contribution in [0.5, 0.6) is 0 Å². The molecule has 0 radical (unpaired) electrons. The predicted octanol–water partition coefficient (Wildman–Crippen LogP) is 2.90. The Morgan fingerprint density at radius 2 is 2.19 bits per heavy atom. The van der Waals surface area contributed by atoms with Gasteiger partial charge >= 0.3 is 0 Å². The number of H-pyrrole nitrogens is 1. The number of hydrogen-bond acceptors (Lipinski definition) is 1. The molecule has 0 aliphatic carbocycles. The molecule has 16 heavy (non-hydrogen) atoms. The van der Waals surface area contributed by atoms with Crippen molar-refractivity contribution in [3.8, 4) is 0 Å². The van der Waals surface area contributed by atoms with E-state index >= 15 is 0 Å². The molecule has 0 fully saturated rings. The average Bonchev–Trinajstić information content (AvgIpc) is 2.53. The summed E-state index contributed by atoms with van der Waals surface area (Å²) in [6.07, 6.45) is 1.82. The van der Waals surface area contributed by atoms with Crippen molar-refractivity contribution >= 4 is 10.9 Å². The molecule has 1 atom stereocenters. The number of hydrogen-bond donors (Lipinski definition) is 2. The van der Waals surface area contributed by atoms with Crippen molar-refractivity contribution in [1.82, 2.24) is 4.98 Å². The van der Waals surface area contributed by atoms with Gasteiger partial charge in [-0.3, -0.25) is 0 Å². The summed E-state index contributed by atoms with van der Waals surface area (Å²) in [4.78, 5) is 3.10. The molecule has 0 spiro atoms. The molecule has 0 bridgehead atoms. The van der Waals surface area contributed by atoms with Gasteiger partial charge in [-0.05, 0) is 38.3 Å². The lowest BCUT2D eigenvalue weighted by Gasteiger charge is -2.04. The Morgan fingerprint density at radius 3 is 2.88 bits per heavy atom. The third-order valence-corrected chi connectivity index (χ3v) is 2.95. The highest BCUT2D eigenvalue weighted by Crippen LogP contribution is 2.25. The first-order valence-electron chi connectivity index (χ1n) is 5.61. The van der Waals surface area contributed by atoms with Crippen LogP contribution < -0.4 is 5.73 Å². The zero-order valence-corrected chi connectivity index (χ0v) is 9.68. The van der Waals surface area contributed by atoms with E-state index in [1.807, 2.05) is 19.9 Å². The van der Waals surface area contributed by atoms with Crippen molar-refractivity contribution in [2.75, 3.05) is 0 Å². The number of benzene rings is 1. The molecule has 1 unspecified atom stereocenters. The molecule has 0 saturated carbocycles. The molecule has 2 aromatic rings. The number of fused-ring (bicyclic) bond motifs is 1. The fourth-order valence-corrected chi connectivity index (χ4v) is 2.06. The van der Waals surface area contributed by atoms with Gasteiger partial charge in [0.25, 0.3) is 0 Å². The van der Waals surface area contributed by atoms with Crippen LogP contribution in [0.2, 0.25) is 0 Å². The van der Waals surface area contributed by atoms with Crippen molar-refractivity contribution in [2.24, 2.45) is 5.73 Å². The van der Waals surface area contributed by atoms with E-state index in [2.05, 4.69) is 4.98 Å². The molecular formula is C13H17FN2. The Kier molecular flexibility index (Phi) is 2.97. The second-order valence-electron chi connectivity index (χ2n) is 4.41. The fraction of sp³-hybridized carbons (Fsp3) is 0.385. The van der Waals surface area contributed by atoms with Crippen LogP contribution in [0.25, 0.3) is 10.9 Å². The summed E-state index contributed by atoms with van der Waals surface area (Å²) < 4.78 is 13.5. The van der Waals surface area contributed by atoms with E-state index in [1.165, 1.54) is 11.6 Å². The zero-order chi connectivity index (χ0) is 11.7. The van der Waals surface area contributed by atoms with E-state index in [9.17, 15) is 4.39 Å². The number of nitrogens with two attached hydrogens (primary N) is 1. The Bertz CT molecular complexity index is 500. The SMILES string of the molecule is Cc1[nH]c2c(F)cccc2c1CCC(C)N. The summed E-state index contributed by atoms with van der Waals surface area (Å²) in [7, 11) is 0. The molecule has 2 rings (SSSR count). The third-order valence-electron chi connectivity index (χ3n) is 2.95. The maximum atomic E-state index is 13.5. The van der Waals surface area contributed by atoms with Gasteiger partial charge in [-0.15, -0.1) is 0 Å². The van der Waals surface area contributed by atoms with Crippen LogP contribution in [-0.2, 0) is 6.42 Å². The molecule has 2 nitrogen and oxygen atoms in total. The summed E-state index contributed by atoms with van der Waals surface area (Å²) in [6.45, 7) is 3.97. The van der Waals surface area contributed by atoms with E-state index in [-0.39, 0.29) is 11.9 Å². The van der Waals surface area contributed by atoms with Gasteiger partial charge in [-0.25, -0.2) is 4.39 Å². The second kappa shape index (κ2) is 4.26. The van der Waals surface area contributed by atoms with Crippen molar-refractivity contribution in [3.05, 3.63) is 35.3 Å². The smallest absolute Gasteiger partial charge is 0.147 e. The number of nitrogens with one attached hydrogen (secondary N) is 1. The third kappa shape index (κ3) is 1.95. The van der Waals surface area contributed by atoms with Gasteiger partial charge in [0.05, 0.1) is 5.52 Å². The minimum absolute atomic E-state index is 0.179. The first-order valence-corrected chi connectivity index (χ1v) is 5.61. The zero-order valence-electron chi connectivity index (χ0n) is 9.68. The number of aromatic nitrogens is 1. The molecule has 1 aromatic heterocycles. The number of aryl methyl sites for hydroxylation is 2. The second-order valence-corrected chi connectivity index (χ2v) is 4.41. The van der Waals surface area contributed by atoms with E-state index < -0.39 is 0 Å². The molecule has 0 aliphatic rings. The molecule has 3 N–H and O–H groups in total. The number of aromatic amines is 1. The lowest BCUT2D eigenvalue weighted by Crippen LogP contribution is -2.15. The number of rotatable bonds is 3. The van der Waals surface area contributed by atoms with Crippen LogP contribution in [0.1, 0.15) is 24.6 Å². The molecule has 0 aliphatic heterocycles. The standard InChI is InChI=1S/C13H17FN2/c1-8(15)6-7-10-9(2)16-13-11(10)4-3-5-12(13)14/h3-5,8,16H,6-7,15H2,1-2H3. The fourth-order valence-electron chi connectivity index (χ4n) is 2.06. The number of para-hydroxylation sites is 1. The number of halogens is 1. The van der Waals surface area contributed by atoms with E-state index in [4.69, 9.17) is 5.73 Å². The largest absolute Gasteiger partial charge is 0.356 e. The van der Waals surface area contributed by atoms with Crippen molar-refractivity contribution < 1.29 is 4.39 Å². The maximum absolute atomic E-state index is 13.5. The predicted molar refractivity (Wildman–Crippen MR) is 65.0 cm³/mol. The highest BCUT2D eigenvalue weighted by Gasteiger charge is 2.11. The summed E-state index contributed by atoms with van der Waals surface area (Å²) in [6, 6.07) is 5.37. The highest BCUT2D eigenvalue weighted by atomic mass is 19.1. The van der Waals surface area contributed by atoms with Gasteiger partial charge < -0.3 is 10.7 Å². The van der Waals surface area contributed by atoms with Crippen LogP contribution >= 0.6 is 0 Å². The van der Waals surface area contributed by atoms with Crippen LogP contribution in [0.15, 0.2) is 18.2 Å². The van der Waals surface area contributed by atoms with Gasteiger partial charge in [0.1, 0.15) is 5.82 Å². The van der Waals surface area contributed by atoms with Crippen molar-refractivity contribution in [3.63, 3.8) is 0 Å². The van der Waals surface area contributed by atoms with Crippen LogP contribution in [0.4, 0.5) is 4.39 Å². The summed E-state index contributed by atoms with van der Waals surface area (Å²) in [5.41, 5.74) is 8.59. The first kappa shape index (κ1) is 11.1. The minimum atomic E-state index is -0.187. The lowest BCUT2D eigenvalue weighted by atomic mass is 10.0. The Morgan fingerprint density at radius 1 is 1.44 bits per heavy atom. The molecule has 86 valence electrons. The van der Waals surface area contributed by atoms with Gasteiger partial charge in [-0.2, -0.15) is 0 Å². The normalized spacial score (nSPS) is 13.2. The van der Waals surface area contributed by atoms with Crippen molar-refractivity contribution in [2.45, 2.75) is 32.7 Å². The molecule has 3 heteroatoms. The van der Waals surface area contributed by atoms with E-state index in [1.54, 1.807) is 6.07 Å². The topological polar surface area (TPSA) is 41.8 Å². The first-order chi connectivity index (χ1) is 7.59. The Hall–Kier alpha value is -1.35.